The standard InChI is InChI=1S/C39H30ClN.C37H24ClN.C37H28ClN.C27H22ClN/c1-39(2)34-18-8-6-17-33(34)38-35(39)19-11-21-37(38)41(31-15-10-14-30(40)26-31)36-20-9-7-16-32(36)29-24-22-28(23-25-29)27-12-4-3-5-13-27;38-25-12-10-15-27(24-25)39(26-13-2-1-3-14-26)35-23-11-22-34-36(35)30-18-6-9-21-33(30)37(34)31-19-7-4-16-28(31)29-17-5-8-20-32(29)37;1-37(2)34-24-29(20-22-32(34)33-21-19-26-13-6-7-17-31(26)36(33)37)39(28-15-10-14-27(38)23-28)35-18-9-8-16-30(35)25-11-4-3-5-12-25;1-27(2)24-16-7-6-14-22(24)23-15-9-17-25(26(23)27)29(20-11-4-3-5-12-20)21-13-8-10-19(28)18-21/h3-26H,1-2H3;1-24H;3-24H,1-2H3;3-18H,1-2H3. The minimum Gasteiger partial charge on any atom is -0.310 e. The fourth-order valence-electron chi connectivity index (χ4n) is 24.2. The van der Waals surface area contributed by atoms with Crippen LogP contribution in [0.4, 0.5) is 68.2 Å². The monoisotopic (exact) mass is 1980 g/mol. The number of hydrogen-bond acceptors (Lipinski definition) is 4. The number of hydrogen-bond donors (Lipinski definition) is 0. The van der Waals surface area contributed by atoms with Crippen molar-refractivity contribution in [1.29, 1.82) is 0 Å². The van der Waals surface area contributed by atoms with Gasteiger partial charge in [0, 0.05) is 98.4 Å². The van der Waals surface area contributed by atoms with E-state index in [9.17, 15) is 0 Å². The molecule has 0 fully saturated rings. The van der Waals surface area contributed by atoms with E-state index in [0.29, 0.717) is 5.02 Å². The van der Waals surface area contributed by atoms with Crippen LogP contribution in [0.25, 0.3) is 99.8 Å². The lowest BCUT2D eigenvalue weighted by atomic mass is 9.70. The molecule has 27 rings (SSSR count). The number of fused-ring (bicyclic) bond motifs is 21. The minimum atomic E-state index is -0.369. The van der Waals surface area contributed by atoms with E-state index in [2.05, 4.69) is 516 Å². The molecule has 0 saturated carbocycles. The van der Waals surface area contributed by atoms with E-state index in [1.807, 2.05) is 66.7 Å². The molecule has 0 unspecified atom stereocenters. The van der Waals surface area contributed by atoms with Crippen LogP contribution >= 0.6 is 46.4 Å². The van der Waals surface area contributed by atoms with E-state index in [1.54, 1.807) is 0 Å². The first kappa shape index (κ1) is 93.8. The Balaban J connectivity index is 0.000000106. The average Bonchev–Trinajstić information content (AvgIpc) is 1.50. The number of benzene rings is 22. The van der Waals surface area contributed by atoms with Gasteiger partial charge in [-0.05, 0) is 273 Å². The van der Waals surface area contributed by atoms with Crippen molar-refractivity contribution in [1.82, 2.24) is 0 Å². The van der Waals surface area contributed by atoms with Crippen LogP contribution in [0, 0.1) is 0 Å². The van der Waals surface area contributed by atoms with Crippen molar-refractivity contribution in [2.75, 3.05) is 19.6 Å². The molecule has 0 aromatic heterocycles. The highest BCUT2D eigenvalue weighted by Crippen LogP contribution is 2.66. The van der Waals surface area contributed by atoms with Gasteiger partial charge in [-0.3, -0.25) is 0 Å². The highest BCUT2D eigenvalue weighted by molar-refractivity contribution is 6.32. The Morgan fingerprint density at radius 3 is 0.993 bits per heavy atom. The Labute approximate surface area is 887 Å². The molecule has 22 aromatic carbocycles. The third-order valence-electron chi connectivity index (χ3n) is 30.6. The first-order valence-electron chi connectivity index (χ1n) is 50.7. The van der Waals surface area contributed by atoms with Gasteiger partial charge < -0.3 is 19.6 Å². The summed E-state index contributed by atoms with van der Waals surface area (Å²) >= 11 is 26.1. The molecular formula is C140H104Cl4N4. The van der Waals surface area contributed by atoms with Gasteiger partial charge in [-0.25, -0.2) is 0 Å². The van der Waals surface area contributed by atoms with Crippen molar-refractivity contribution in [2.24, 2.45) is 0 Å². The van der Waals surface area contributed by atoms with E-state index >= 15 is 0 Å². The molecule has 148 heavy (non-hydrogen) atoms. The fraction of sp³-hybridized carbons (Fsp3) is 0.0714. The van der Waals surface area contributed by atoms with Crippen LogP contribution in [0.2, 0.25) is 20.1 Å². The van der Waals surface area contributed by atoms with Gasteiger partial charge in [-0.2, -0.15) is 0 Å². The van der Waals surface area contributed by atoms with Crippen molar-refractivity contribution >= 4 is 125 Å². The van der Waals surface area contributed by atoms with Crippen LogP contribution in [0.15, 0.2) is 522 Å². The van der Waals surface area contributed by atoms with Gasteiger partial charge in [0.15, 0.2) is 0 Å². The van der Waals surface area contributed by atoms with Gasteiger partial charge in [0.2, 0.25) is 0 Å². The molecule has 22 aromatic rings. The highest BCUT2D eigenvalue weighted by atomic mass is 35.5. The van der Waals surface area contributed by atoms with Crippen LogP contribution in [-0.2, 0) is 21.7 Å². The van der Waals surface area contributed by atoms with Gasteiger partial charge in [-0.1, -0.05) is 470 Å². The van der Waals surface area contributed by atoms with Gasteiger partial charge >= 0.3 is 0 Å². The molecule has 712 valence electrons. The van der Waals surface area contributed by atoms with Crippen molar-refractivity contribution in [3.05, 3.63) is 597 Å². The smallest absolute Gasteiger partial charge is 0.0726 e. The van der Waals surface area contributed by atoms with Crippen molar-refractivity contribution in [3.63, 3.8) is 0 Å². The van der Waals surface area contributed by atoms with Crippen LogP contribution in [0.1, 0.15) is 97.2 Å². The lowest BCUT2D eigenvalue weighted by Crippen LogP contribution is -2.26. The van der Waals surface area contributed by atoms with Gasteiger partial charge in [0.1, 0.15) is 0 Å². The molecule has 0 atom stereocenters. The molecule has 0 heterocycles. The molecule has 0 saturated heterocycles. The predicted octanol–water partition coefficient (Wildman–Crippen LogP) is 40.7. The predicted molar refractivity (Wildman–Crippen MR) is 627 cm³/mol. The maximum atomic E-state index is 6.61. The number of rotatable bonds is 15. The summed E-state index contributed by atoms with van der Waals surface area (Å²) in [5.74, 6) is 0. The largest absolute Gasteiger partial charge is 0.310 e. The number of anilines is 12. The average molecular weight is 1980 g/mol. The lowest BCUT2D eigenvalue weighted by Gasteiger charge is -2.32. The molecular weight excluding hydrogens is 1880 g/mol. The van der Waals surface area contributed by atoms with E-state index in [1.165, 1.54) is 156 Å². The summed E-state index contributed by atoms with van der Waals surface area (Å²) in [6.45, 7) is 14.0. The Hall–Kier alpha value is -16.5. The molecule has 0 N–H and O–H groups in total. The second kappa shape index (κ2) is 38.8. The van der Waals surface area contributed by atoms with Crippen LogP contribution < -0.4 is 19.6 Å². The Bertz CT molecular complexity index is 8790. The second-order valence-electron chi connectivity index (χ2n) is 40.2. The number of para-hydroxylation sites is 4. The molecule has 0 aliphatic heterocycles. The Morgan fingerprint density at radius 1 is 0.162 bits per heavy atom. The third-order valence-corrected chi connectivity index (χ3v) is 31.6. The van der Waals surface area contributed by atoms with Crippen molar-refractivity contribution in [3.8, 4) is 89.0 Å². The first-order chi connectivity index (χ1) is 72.4. The molecule has 5 aliphatic carbocycles. The van der Waals surface area contributed by atoms with E-state index in [-0.39, 0.29) is 21.7 Å². The number of nitrogens with zero attached hydrogens (tertiary/aromatic N) is 4. The van der Waals surface area contributed by atoms with Crippen LogP contribution in [0.5, 0.6) is 0 Å². The topological polar surface area (TPSA) is 13.0 Å². The van der Waals surface area contributed by atoms with Gasteiger partial charge in [-0.15, -0.1) is 0 Å². The summed E-state index contributed by atoms with van der Waals surface area (Å²) in [6, 6.07) is 186. The fourth-order valence-corrected chi connectivity index (χ4v) is 24.9. The summed E-state index contributed by atoms with van der Waals surface area (Å²) in [6.07, 6.45) is 0. The maximum Gasteiger partial charge on any atom is 0.0726 e. The highest BCUT2D eigenvalue weighted by Gasteiger charge is 2.53. The van der Waals surface area contributed by atoms with E-state index in [0.717, 1.165) is 83.2 Å². The molecule has 0 amide bonds. The summed E-state index contributed by atoms with van der Waals surface area (Å²) in [4.78, 5) is 9.38. The number of halogens is 4. The zero-order valence-electron chi connectivity index (χ0n) is 83.0. The summed E-state index contributed by atoms with van der Waals surface area (Å²) in [5, 5.41) is 5.50. The molecule has 0 bridgehead atoms. The van der Waals surface area contributed by atoms with E-state index in [4.69, 9.17) is 46.4 Å². The normalized spacial score (nSPS) is 13.3. The molecule has 5 aliphatic rings. The summed E-state index contributed by atoms with van der Waals surface area (Å²) < 4.78 is 0. The zero-order chi connectivity index (χ0) is 101. The first-order valence-corrected chi connectivity index (χ1v) is 52.2. The third kappa shape index (κ3) is 16.4. The van der Waals surface area contributed by atoms with E-state index < -0.39 is 0 Å². The quantitative estimate of drug-likeness (QED) is 0.101. The van der Waals surface area contributed by atoms with Gasteiger partial charge in [0.05, 0.1) is 33.9 Å². The Morgan fingerprint density at radius 2 is 0.459 bits per heavy atom. The van der Waals surface area contributed by atoms with Crippen molar-refractivity contribution < 1.29 is 0 Å². The maximum absolute atomic E-state index is 6.61. The zero-order valence-corrected chi connectivity index (χ0v) is 86.0. The van der Waals surface area contributed by atoms with Crippen LogP contribution in [-0.4, -0.2) is 0 Å². The Kier molecular flexibility index (Phi) is 24.6. The summed E-state index contributed by atoms with van der Waals surface area (Å²) in [5.41, 5.74) is 46.2. The van der Waals surface area contributed by atoms with Crippen molar-refractivity contribution in [2.45, 2.75) is 63.2 Å². The van der Waals surface area contributed by atoms with Gasteiger partial charge in [0.25, 0.3) is 0 Å². The molecule has 0 radical (unpaired) electrons. The summed E-state index contributed by atoms with van der Waals surface area (Å²) in [7, 11) is 0. The molecule has 4 nitrogen and oxygen atoms in total. The second-order valence-corrected chi connectivity index (χ2v) is 41.9. The van der Waals surface area contributed by atoms with Crippen LogP contribution in [0.3, 0.4) is 0 Å². The lowest BCUT2D eigenvalue weighted by molar-refractivity contribution is 0.660. The molecule has 8 heteroatoms. The molecule has 1 spiro atoms. The SMILES string of the molecule is CC1(C)c2cc(N(c3cccc(Cl)c3)c3ccccc3-c3ccccc3)ccc2-c2ccc3ccccc3c21.CC1(C)c2ccccc2-c2c(N(c3cccc(Cl)c3)c3ccccc3-c3ccc(-c4ccccc4)cc3)cccc21.CC1(C)c2ccccc2-c2cccc(N(c3ccccc3)c3cccc(Cl)c3)c21.Clc1cccc(N(c2ccccc2)c2cccc3c2-c2ccccc2C32c3ccccc3-c3ccccc32)c1. The minimum absolute atomic E-state index is 0.0886.